The highest BCUT2D eigenvalue weighted by molar-refractivity contribution is 6.06. The molecule has 4 nitrogen and oxygen atoms in total. The summed E-state index contributed by atoms with van der Waals surface area (Å²) in [5.41, 5.74) is 2.38. The molecular formula is C22H21NO3. The maximum Gasteiger partial charge on any atom is 0.259 e. The molecule has 0 atom stereocenters. The SMILES string of the molecule is COc1cccc(NC(=O)c2ccccc2OCCc2ccccc2)c1. The molecule has 26 heavy (non-hydrogen) atoms. The molecular weight excluding hydrogens is 326 g/mol. The van der Waals surface area contributed by atoms with Gasteiger partial charge in [-0.3, -0.25) is 4.79 Å². The fourth-order valence-electron chi connectivity index (χ4n) is 2.60. The van der Waals surface area contributed by atoms with E-state index >= 15 is 0 Å². The average molecular weight is 347 g/mol. The topological polar surface area (TPSA) is 47.6 Å². The van der Waals surface area contributed by atoms with Crippen LogP contribution in [0.5, 0.6) is 11.5 Å². The summed E-state index contributed by atoms with van der Waals surface area (Å²) in [7, 11) is 1.59. The molecule has 1 N–H and O–H groups in total. The standard InChI is InChI=1S/C22H21NO3/c1-25-19-11-7-10-18(16-19)23-22(24)20-12-5-6-13-21(20)26-15-14-17-8-3-2-4-9-17/h2-13,16H,14-15H2,1H3,(H,23,24). The zero-order valence-corrected chi connectivity index (χ0v) is 14.6. The largest absolute Gasteiger partial charge is 0.497 e. The van der Waals surface area contributed by atoms with Crippen molar-refractivity contribution in [3.8, 4) is 11.5 Å². The van der Waals surface area contributed by atoms with Gasteiger partial charge in [0.1, 0.15) is 11.5 Å². The number of rotatable bonds is 7. The van der Waals surface area contributed by atoms with Crippen molar-refractivity contribution in [2.75, 3.05) is 19.0 Å². The molecule has 0 aromatic heterocycles. The minimum Gasteiger partial charge on any atom is -0.497 e. The van der Waals surface area contributed by atoms with Crippen LogP contribution in [-0.4, -0.2) is 19.6 Å². The number of amides is 1. The number of nitrogens with one attached hydrogen (secondary N) is 1. The molecule has 3 rings (SSSR count). The van der Waals surface area contributed by atoms with Crippen molar-refractivity contribution < 1.29 is 14.3 Å². The van der Waals surface area contributed by atoms with E-state index in [0.717, 1.165) is 6.42 Å². The van der Waals surface area contributed by atoms with Crippen molar-refractivity contribution in [3.05, 3.63) is 90.0 Å². The molecule has 0 radical (unpaired) electrons. The van der Waals surface area contributed by atoms with Crippen LogP contribution in [0.2, 0.25) is 0 Å². The van der Waals surface area contributed by atoms with Crippen LogP contribution in [-0.2, 0) is 6.42 Å². The monoisotopic (exact) mass is 347 g/mol. The fourth-order valence-corrected chi connectivity index (χ4v) is 2.60. The van der Waals surface area contributed by atoms with Gasteiger partial charge in [-0.25, -0.2) is 0 Å². The second-order valence-corrected chi connectivity index (χ2v) is 5.77. The lowest BCUT2D eigenvalue weighted by Gasteiger charge is -2.12. The molecule has 0 spiro atoms. The van der Waals surface area contributed by atoms with E-state index in [2.05, 4.69) is 17.4 Å². The smallest absolute Gasteiger partial charge is 0.259 e. The zero-order chi connectivity index (χ0) is 18.2. The molecule has 0 aliphatic rings. The number of anilines is 1. The molecule has 0 aliphatic heterocycles. The van der Waals surface area contributed by atoms with E-state index in [9.17, 15) is 4.79 Å². The number of para-hydroxylation sites is 1. The number of carbonyl (C=O) groups is 1. The Labute approximate surface area is 153 Å². The second-order valence-electron chi connectivity index (χ2n) is 5.77. The molecule has 0 fully saturated rings. The van der Waals surface area contributed by atoms with Gasteiger partial charge in [0, 0.05) is 18.2 Å². The van der Waals surface area contributed by atoms with E-state index in [1.807, 2.05) is 54.6 Å². The van der Waals surface area contributed by atoms with Crippen LogP contribution in [0.25, 0.3) is 0 Å². The van der Waals surface area contributed by atoms with Crippen molar-refractivity contribution in [1.29, 1.82) is 0 Å². The summed E-state index contributed by atoms with van der Waals surface area (Å²) in [6.45, 7) is 0.507. The van der Waals surface area contributed by atoms with Gasteiger partial charge in [0.05, 0.1) is 19.3 Å². The van der Waals surface area contributed by atoms with Crippen LogP contribution in [0.3, 0.4) is 0 Å². The van der Waals surface area contributed by atoms with Gasteiger partial charge < -0.3 is 14.8 Å². The van der Waals surface area contributed by atoms with Gasteiger partial charge in [-0.1, -0.05) is 48.5 Å². The Hall–Kier alpha value is -3.27. The van der Waals surface area contributed by atoms with E-state index in [1.54, 1.807) is 19.2 Å². The van der Waals surface area contributed by atoms with Crippen LogP contribution in [0.4, 0.5) is 5.69 Å². The molecule has 0 saturated carbocycles. The Balaban J connectivity index is 1.66. The van der Waals surface area contributed by atoms with Crippen LogP contribution < -0.4 is 14.8 Å². The third-order valence-corrected chi connectivity index (χ3v) is 3.95. The highest BCUT2D eigenvalue weighted by atomic mass is 16.5. The van der Waals surface area contributed by atoms with Crippen molar-refractivity contribution in [1.82, 2.24) is 0 Å². The Morgan fingerprint density at radius 3 is 2.50 bits per heavy atom. The number of methoxy groups -OCH3 is 1. The first-order valence-corrected chi connectivity index (χ1v) is 8.47. The average Bonchev–Trinajstić information content (AvgIpc) is 2.69. The summed E-state index contributed by atoms with van der Waals surface area (Å²) in [5, 5.41) is 2.88. The lowest BCUT2D eigenvalue weighted by atomic mass is 10.1. The lowest BCUT2D eigenvalue weighted by molar-refractivity contribution is 0.102. The molecule has 3 aromatic carbocycles. The van der Waals surface area contributed by atoms with Gasteiger partial charge in [0.2, 0.25) is 0 Å². The number of hydrogen-bond donors (Lipinski definition) is 1. The predicted molar refractivity (Wildman–Crippen MR) is 103 cm³/mol. The summed E-state index contributed by atoms with van der Waals surface area (Å²) in [5.74, 6) is 1.05. The highest BCUT2D eigenvalue weighted by Crippen LogP contribution is 2.22. The van der Waals surface area contributed by atoms with Crippen molar-refractivity contribution in [3.63, 3.8) is 0 Å². The zero-order valence-electron chi connectivity index (χ0n) is 14.6. The van der Waals surface area contributed by atoms with E-state index < -0.39 is 0 Å². The number of benzene rings is 3. The van der Waals surface area contributed by atoms with Crippen LogP contribution in [0.15, 0.2) is 78.9 Å². The van der Waals surface area contributed by atoms with Crippen LogP contribution in [0.1, 0.15) is 15.9 Å². The van der Waals surface area contributed by atoms with Crippen molar-refractivity contribution >= 4 is 11.6 Å². The second kappa shape index (κ2) is 8.72. The van der Waals surface area contributed by atoms with Crippen LogP contribution >= 0.6 is 0 Å². The minimum atomic E-state index is -0.214. The molecule has 3 aromatic rings. The summed E-state index contributed by atoms with van der Waals surface area (Å²) in [4.78, 5) is 12.6. The van der Waals surface area contributed by atoms with Gasteiger partial charge >= 0.3 is 0 Å². The van der Waals surface area contributed by atoms with Gasteiger partial charge in [-0.15, -0.1) is 0 Å². The third kappa shape index (κ3) is 4.63. The number of carbonyl (C=O) groups excluding carboxylic acids is 1. The molecule has 4 heteroatoms. The molecule has 0 saturated heterocycles. The first-order chi connectivity index (χ1) is 12.8. The van der Waals surface area contributed by atoms with Gasteiger partial charge in [0.15, 0.2) is 0 Å². The van der Waals surface area contributed by atoms with Crippen molar-refractivity contribution in [2.45, 2.75) is 6.42 Å². The molecule has 132 valence electrons. The van der Waals surface area contributed by atoms with Crippen molar-refractivity contribution in [2.24, 2.45) is 0 Å². The van der Waals surface area contributed by atoms with E-state index in [0.29, 0.717) is 29.4 Å². The van der Waals surface area contributed by atoms with E-state index in [-0.39, 0.29) is 5.91 Å². The summed E-state index contributed by atoms with van der Waals surface area (Å²) < 4.78 is 11.0. The third-order valence-electron chi connectivity index (χ3n) is 3.95. The first kappa shape index (κ1) is 17.5. The Morgan fingerprint density at radius 2 is 1.69 bits per heavy atom. The molecule has 0 aliphatic carbocycles. The highest BCUT2D eigenvalue weighted by Gasteiger charge is 2.12. The van der Waals surface area contributed by atoms with E-state index in [4.69, 9.17) is 9.47 Å². The number of ether oxygens (including phenoxy) is 2. The van der Waals surface area contributed by atoms with Crippen LogP contribution in [0, 0.1) is 0 Å². The minimum absolute atomic E-state index is 0.214. The molecule has 0 bridgehead atoms. The molecule has 1 amide bonds. The summed E-state index contributed by atoms with van der Waals surface area (Å²) in [6.07, 6.45) is 0.784. The molecule has 0 heterocycles. The summed E-state index contributed by atoms with van der Waals surface area (Å²) in [6, 6.07) is 24.6. The maximum atomic E-state index is 12.6. The van der Waals surface area contributed by atoms with E-state index in [1.165, 1.54) is 5.56 Å². The predicted octanol–water partition coefficient (Wildman–Crippen LogP) is 4.57. The first-order valence-electron chi connectivity index (χ1n) is 8.47. The Morgan fingerprint density at radius 1 is 0.923 bits per heavy atom. The summed E-state index contributed by atoms with van der Waals surface area (Å²) >= 11 is 0. The van der Waals surface area contributed by atoms with Gasteiger partial charge in [0.25, 0.3) is 5.91 Å². The normalized spacial score (nSPS) is 10.2. The quantitative estimate of drug-likeness (QED) is 0.681. The number of hydrogen-bond acceptors (Lipinski definition) is 3. The lowest BCUT2D eigenvalue weighted by Crippen LogP contribution is -2.14. The van der Waals surface area contributed by atoms with Gasteiger partial charge in [-0.2, -0.15) is 0 Å². The maximum absolute atomic E-state index is 12.6. The van der Waals surface area contributed by atoms with Gasteiger partial charge in [-0.05, 0) is 29.8 Å². The molecule has 0 unspecified atom stereocenters. The Kier molecular flexibility index (Phi) is 5.88. The fraction of sp³-hybridized carbons (Fsp3) is 0.136. The Bertz CT molecular complexity index is 862.